The van der Waals surface area contributed by atoms with E-state index < -0.39 is 5.97 Å². The van der Waals surface area contributed by atoms with E-state index in [9.17, 15) is 4.79 Å². The molecule has 0 bridgehead atoms. The first-order chi connectivity index (χ1) is 9.58. The van der Waals surface area contributed by atoms with Crippen LogP contribution in [0, 0.1) is 12.8 Å². The summed E-state index contributed by atoms with van der Waals surface area (Å²) in [6.45, 7) is 6.53. The molecule has 2 rings (SSSR count). The summed E-state index contributed by atoms with van der Waals surface area (Å²) < 4.78 is 6.76. The molecule has 0 atom stereocenters. The lowest BCUT2D eigenvalue weighted by Gasteiger charge is -2.06. The van der Waals surface area contributed by atoms with Crippen LogP contribution >= 0.6 is 0 Å². The van der Waals surface area contributed by atoms with Crippen LogP contribution < -0.4 is 0 Å². The van der Waals surface area contributed by atoms with Crippen LogP contribution in [0.4, 0.5) is 0 Å². The van der Waals surface area contributed by atoms with Crippen molar-refractivity contribution in [2.24, 2.45) is 5.92 Å². The summed E-state index contributed by atoms with van der Waals surface area (Å²) in [5.41, 5.74) is 1.65. The fraction of sp³-hybridized carbons (Fsp3) is 0.462. The standard InChI is InChI=1S/C13H17N5O2/c1-9(2)8-20-13(19)12-10(3)18(17-16-12)7-11-6-14-4-5-15-11/h4-6,9H,7-8H2,1-3H3. The van der Waals surface area contributed by atoms with Crippen LogP contribution in [0.5, 0.6) is 0 Å². The molecular formula is C13H17N5O2. The molecule has 0 radical (unpaired) electrons. The first kappa shape index (κ1) is 14.1. The number of esters is 1. The number of carbonyl (C=O) groups excluding carboxylic acids is 1. The summed E-state index contributed by atoms with van der Waals surface area (Å²) in [6.07, 6.45) is 4.86. The Morgan fingerprint density at radius 2 is 2.20 bits per heavy atom. The third kappa shape index (κ3) is 3.37. The van der Waals surface area contributed by atoms with Crippen molar-refractivity contribution < 1.29 is 9.53 Å². The summed E-state index contributed by atoms with van der Waals surface area (Å²) in [5.74, 6) is -0.157. The van der Waals surface area contributed by atoms with Gasteiger partial charge in [0, 0.05) is 12.4 Å². The van der Waals surface area contributed by atoms with Crippen LogP contribution in [0.3, 0.4) is 0 Å². The van der Waals surface area contributed by atoms with Crippen molar-refractivity contribution in [2.45, 2.75) is 27.3 Å². The molecule has 0 N–H and O–H groups in total. The van der Waals surface area contributed by atoms with Gasteiger partial charge >= 0.3 is 5.97 Å². The molecule has 7 nitrogen and oxygen atoms in total. The van der Waals surface area contributed by atoms with Gasteiger partial charge in [0.05, 0.1) is 30.7 Å². The van der Waals surface area contributed by atoms with Crippen LogP contribution in [0.2, 0.25) is 0 Å². The highest BCUT2D eigenvalue weighted by Crippen LogP contribution is 2.08. The zero-order chi connectivity index (χ0) is 14.5. The van der Waals surface area contributed by atoms with Gasteiger partial charge in [0.1, 0.15) is 0 Å². The minimum atomic E-state index is -0.443. The van der Waals surface area contributed by atoms with E-state index >= 15 is 0 Å². The molecule has 20 heavy (non-hydrogen) atoms. The number of hydrogen-bond acceptors (Lipinski definition) is 6. The van der Waals surface area contributed by atoms with E-state index in [-0.39, 0.29) is 11.6 Å². The van der Waals surface area contributed by atoms with Crippen LogP contribution in [0.25, 0.3) is 0 Å². The molecule has 0 unspecified atom stereocenters. The number of nitrogens with zero attached hydrogens (tertiary/aromatic N) is 5. The first-order valence-corrected chi connectivity index (χ1v) is 6.40. The number of hydrogen-bond donors (Lipinski definition) is 0. The second-order valence-electron chi connectivity index (χ2n) is 4.87. The average molecular weight is 275 g/mol. The quantitative estimate of drug-likeness (QED) is 0.763. The topological polar surface area (TPSA) is 82.8 Å². The van der Waals surface area contributed by atoms with Crippen molar-refractivity contribution in [1.29, 1.82) is 0 Å². The Morgan fingerprint density at radius 1 is 1.40 bits per heavy atom. The fourth-order valence-electron chi connectivity index (χ4n) is 1.57. The van der Waals surface area contributed by atoms with Crippen molar-refractivity contribution in [1.82, 2.24) is 25.0 Å². The predicted octanol–water partition coefficient (Wildman–Crippen LogP) is 1.24. The van der Waals surface area contributed by atoms with E-state index in [2.05, 4.69) is 20.3 Å². The number of rotatable bonds is 5. The van der Waals surface area contributed by atoms with Crippen molar-refractivity contribution in [3.63, 3.8) is 0 Å². The summed E-state index contributed by atoms with van der Waals surface area (Å²) in [5, 5.41) is 7.84. The minimum absolute atomic E-state index is 0.245. The van der Waals surface area contributed by atoms with E-state index in [4.69, 9.17) is 4.74 Å². The largest absolute Gasteiger partial charge is 0.461 e. The maximum Gasteiger partial charge on any atom is 0.360 e. The number of aromatic nitrogens is 5. The molecule has 0 fully saturated rings. The van der Waals surface area contributed by atoms with Crippen molar-refractivity contribution >= 4 is 5.97 Å². The molecule has 0 aliphatic heterocycles. The van der Waals surface area contributed by atoms with Crippen molar-refractivity contribution in [3.05, 3.63) is 35.7 Å². The Hall–Kier alpha value is -2.31. The van der Waals surface area contributed by atoms with Gasteiger partial charge in [-0.3, -0.25) is 9.97 Å². The van der Waals surface area contributed by atoms with Gasteiger partial charge in [0.2, 0.25) is 0 Å². The van der Waals surface area contributed by atoms with E-state index in [1.807, 2.05) is 13.8 Å². The maximum absolute atomic E-state index is 11.9. The zero-order valence-corrected chi connectivity index (χ0v) is 11.8. The van der Waals surface area contributed by atoms with Gasteiger partial charge in [-0.15, -0.1) is 5.10 Å². The molecule has 2 aromatic rings. The molecule has 0 saturated carbocycles. The van der Waals surface area contributed by atoms with Gasteiger partial charge in [-0.25, -0.2) is 9.48 Å². The average Bonchev–Trinajstić information content (AvgIpc) is 2.79. The van der Waals surface area contributed by atoms with Crippen LogP contribution in [0.1, 0.15) is 35.7 Å². The van der Waals surface area contributed by atoms with E-state index in [0.717, 1.165) is 5.69 Å². The summed E-state index contributed by atoms with van der Waals surface area (Å²) in [4.78, 5) is 20.0. The van der Waals surface area contributed by atoms with E-state index in [0.29, 0.717) is 18.8 Å². The number of carbonyl (C=O) groups is 1. The lowest BCUT2D eigenvalue weighted by atomic mass is 10.2. The Morgan fingerprint density at radius 3 is 2.85 bits per heavy atom. The number of ether oxygens (including phenoxy) is 1. The molecule has 7 heteroatoms. The summed E-state index contributed by atoms with van der Waals surface area (Å²) in [7, 11) is 0. The molecule has 0 spiro atoms. The molecule has 0 amide bonds. The highest BCUT2D eigenvalue weighted by atomic mass is 16.5. The zero-order valence-electron chi connectivity index (χ0n) is 11.8. The first-order valence-electron chi connectivity index (χ1n) is 6.40. The Bertz CT molecular complexity index is 580. The van der Waals surface area contributed by atoms with Crippen LogP contribution in [0.15, 0.2) is 18.6 Å². The summed E-state index contributed by atoms with van der Waals surface area (Å²) in [6, 6.07) is 0. The molecule has 0 aliphatic carbocycles. The highest BCUT2D eigenvalue weighted by Gasteiger charge is 2.18. The monoisotopic (exact) mass is 275 g/mol. The molecule has 2 heterocycles. The van der Waals surface area contributed by atoms with Gasteiger partial charge < -0.3 is 4.74 Å². The Labute approximate surface area is 117 Å². The third-order valence-corrected chi connectivity index (χ3v) is 2.65. The smallest absolute Gasteiger partial charge is 0.360 e. The van der Waals surface area contributed by atoms with Gasteiger partial charge in [-0.05, 0) is 12.8 Å². The fourth-order valence-corrected chi connectivity index (χ4v) is 1.57. The van der Waals surface area contributed by atoms with Crippen molar-refractivity contribution in [2.75, 3.05) is 6.61 Å². The van der Waals surface area contributed by atoms with Crippen LogP contribution in [-0.4, -0.2) is 37.5 Å². The second-order valence-corrected chi connectivity index (χ2v) is 4.87. The lowest BCUT2D eigenvalue weighted by molar-refractivity contribution is 0.0451. The second kappa shape index (κ2) is 6.23. The van der Waals surface area contributed by atoms with Crippen LogP contribution in [-0.2, 0) is 11.3 Å². The molecule has 0 aromatic carbocycles. The highest BCUT2D eigenvalue weighted by molar-refractivity contribution is 5.88. The SMILES string of the molecule is Cc1c(C(=O)OCC(C)C)nnn1Cc1cnccn1. The maximum atomic E-state index is 11.9. The molecule has 0 aliphatic rings. The Kier molecular flexibility index (Phi) is 4.39. The van der Waals surface area contributed by atoms with Gasteiger partial charge in [-0.1, -0.05) is 19.1 Å². The van der Waals surface area contributed by atoms with E-state index in [1.165, 1.54) is 0 Å². The molecule has 0 saturated heterocycles. The van der Waals surface area contributed by atoms with Gasteiger partial charge in [0.15, 0.2) is 5.69 Å². The third-order valence-electron chi connectivity index (χ3n) is 2.65. The molecule has 106 valence electrons. The molecular weight excluding hydrogens is 258 g/mol. The van der Waals surface area contributed by atoms with E-state index in [1.54, 1.807) is 30.2 Å². The predicted molar refractivity (Wildman–Crippen MR) is 71.0 cm³/mol. The lowest BCUT2D eigenvalue weighted by Crippen LogP contribution is -2.12. The summed E-state index contributed by atoms with van der Waals surface area (Å²) >= 11 is 0. The minimum Gasteiger partial charge on any atom is -0.461 e. The van der Waals surface area contributed by atoms with Gasteiger partial charge in [-0.2, -0.15) is 0 Å². The molecule has 2 aromatic heterocycles. The Balaban J connectivity index is 2.09. The van der Waals surface area contributed by atoms with Crippen molar-refractivity contribution in [3.8, 4) is 0 Å². The van der Waals surface area contributed by atoms with Gasteiger partial charge in [0.25, 0.3) is 0 Å². The normalized spacial score (nSPS) is 10.8.